The highest BCUT2D eigenvalue weighted by Gasteiger charge is 2.17. The maximum absolute atomic E-state index is 12.0. The second kappa shape index (κ2) is 7.43. The fourth-order valence-corrected chi connectivity index (χ4v) is 3.76. The van der Waals surface area contributed by atoms with E-state index in [1.165, 1.54) is 12.5 Å². The fraction of sp³-hybridized carbons (Fsp3) is 0.167. The monoisotopic (exact) mass is 384 g/mol. The van der Waals surface area contributed by atoms with Gasteiger partial charge >= 0.3 is 0 Å². The molecule has 0 fully saturated rings. The molecule has 0 saturated heterocycles. The summed E-state index contributed by atoms with van der Waals surface area (Å²) in [7, 11) is 0. The van der Waals surface area contributed by atoms with Crippen LogP contribution < -0.4 is 11.1 Å². The molecule has 0 unspecified atom stereocenters. The Morgan fingerprint density at radius 1 is 1.07 bits per heavy atom. The summed E-state index contributed by atoms with van der Waals surface area (Å²) in [6.45, 7) is 4.23. The molecule has 0 atom stereocenters. The number of nitrogens with two attached hydrogens (primary N) is 1. The van der Waals surface area contributed by atoms with Crippen LogP contribution in [-0.4, -0.2) is 16.4 Å². The maximum atomic E-state index is 12.0. The molecule has 5 nitrogen and oxygen atoms in total. The lowest BCUT2D eigenvalue weighted by Crippen LogP contribution is -2.11. The quantitative estimate of drug-likeness (QED) is 0.539. The van der Waals surface area contributed by atoms with Crippen molar-refractivity contribution in [1.82, 2.24) is 4.57 Å². The summed E-state index contributed by atoms with van der Waals surface area (Å²) in [5, 5.41) is 4.53. The molecule has 4 rings (SSSR count). The zero-order chi connectivity index (χ0) is 20.5. The number of carbonyl (C=O) groups excluding carboxylic acids is 2. The third-order valence-electron chi connectivity index (χ3n) is 5.14. The number of amides is 2. The van der Waals surface area contributed by atoms with Gasteiger partial charge in [0.2, 0.25) is 11.8 Å². The molecule has 0 aliphatic heterocycles. The first-order valence-corrected chi connectivity index (χ1v) is 9.59. The molecule has 3 aromatic carbocycles. The van der Waals surface area contributed by atoms with Crippen molar-refractivity contribution < 1.29 is 9.59 Å². The highest BCUT2D eigenvalue weighted by Crippen LogP contribution is 2.33. The van der Waals surface area contributed by atoms with Crippen molar-refractivity contribution in [2.75, 3.05) is 5.32 Å². The van der Waals surface area contributed by atoms with Gasteiger partial charge < -0.3 is 15.6 Å². The van der Waals surface area contributed by atoms with Crippen molar-refractivity contribution >= 4 is 39.3 Å². The van der Waals surface area contributed by atoms with Crippen molar-refractivity contribution in [1.29, 1.82) is 0 Å². The smallest absolute Gasteiger partial charge is 0.249 e. The molecule has 0 spiro atoms. The molecule has 145 valence electrons. The Kier molecular flexibility index (Phi) is 4.80. The van der Waals surface area contributed by atoms with Gasteiger partial charge in [-0.2, -0.15) is 0 Å². The van der Waals surface area contributed by atoms with E-state index >= 15 is 0 Å². The van der Waals surface area contributed by atoms with Gasteiger partial charge in [0.1, 0.15) is 0 Å². The van der Waals surface area contributed by atoms with Crippen LogP contribution in [0.25, 0.3) is 21.8 Å². The molecule has 29 heavy (non-hydrogen) atoms. The average molecular weight is 384 g/mol. The molecule has 1 radical (unpaired) electrons. The molecule has 0 aliphatic rings. The number of hydrogen-bond acceptors (Lipinski definition) is 2. The molecule has 0 bridgehead atoms. The first-order chi connectivity index (χ1) is 14.0. The van der Waals surface area contributed by atoms with Gasteiger partial charge in [-0.3, -0.25) is 9.59 Å². The molecular weight excluding hydrogens is 362 g/mol. The Bertz CT molecular complexity index is 1240. The predicted octanol–water partition coefficient (Wildman–Crippen LogP) is 4.26. The second-order valence-corrected chi connectivity index (χ2v) is 7.15. The van der Waals surface area contributed by atoms with Crippen LogP contribution >= 0.6 is 0 Å². The lowest BCUT2D eigenvalue weighted by atomic mass is 10.0. The number of hydrogen-bond donors (Lipinski definition) is 2. The van der Waals surface area contributed by atoms with Gasteiger partial charge in [-0.1, -0.05) is 31.2 Å². The van der Waals surface area contributed by atoms with Crippen molar-refractivity contribution in [2.24, 2.45) is 5.73 Å². The van der Waals surface area contributed by atoms with Gasteiger partial charge in [-0.05, 0) is 53.9 Å². The van der Waals surface area contributed by atoms with Crippen LogP contribution in [0.4, 0.5) is 5.69 Å². The lowest BCUT2D eigenvalue weighted by molar-refractivity contribution is -0.114. The number of primary amides is 1. The highest BCUT2D eigenvalue weighted by molar-refractivity contribution is 6.17. The number of aromatic nitrogens is 1. The van der Waals surface area contributed by atoms with Gasteiger partial charge in [0.15, 0.2) is 0 Å². The number of anilines is 1. The minimum absolute atomic E-state index is 0.0956. The van der Waals surface area contributed by atoms with E-state index in [1.54, 1.807) is 6.07 Å². The van der Waals surface area contributed by atoms with Gasteiger partial charge in [0, 0.05) is 35.5 Å². The van der Waals surface area contributed by atoms with Crippen LogP contribution in [0.2, 0.25) is 0 Å². The molecule has 1 heterocycles. The molecule has 2 amide bonds. The maximum Gasteiger partial charge on any atom is 0.249 e. The van der Waals surface area contributed by atoms with Crippen LogP contribution in [0.1, 0.15) is 35.3 Å². The number of nitrogens with zero attached hydrogens (tertiary/aromatic N) is 1. The Labute approximate surface area is 169 Å². The van der Waals surface area contributed by atoms with E-state index in [9.17, 15) is 9.59 Å². The van der Waals surface area contributed by atoms with Crippen LogP contribution in [0, 0.1) is 6.07 Å². The number of nitrogens with one attached hydrogen (secondary N) is 1. The summed E-state index contributed by atoms with van der Waals surface area (Å²) >= 11 is 0. The first-order valence-electron chi connectivity index (χ1n) is 9.59. The van der Waals surface area contributed by atoms with E-state index < -0.39 is 5.91 Å². The molecule has 1 aromatic heterocycles. The zero-order valence-electron chi connectivity index (χ0n) is 16.5. The van der Waals surface area contributed by atoms with Crippen LogP contribution in [0.3, 0.4) is 0 Å². The van der Waals surface area contributed by atoms with E-state index in [0.29, 0.717) is 12.1 Å². The minimum atomic E-state index is -0.442. The highest BCUT2D eigenvalue weighted by atomic mass is 16.1. The number of aryl methyl sites for hydroxylation is 1. The van der Waals surface area contributed by atoms with Crippen molar-refractivity contribution in [3.05, 3.63) is 77.4 Å². The Hall–Kier alpha value is -3.60. The molecule has 0 aliphatic carbocycles. The Balaban J connectivity index is 1.88. The molecule has 0 saturated carbocycles. The summed E-state index contributed by atoms with van der Waals surface area (Å²) < 4.78 is 2.19. The number of rotatable bonds is 5. The van der Waals surface area contributed by atoms with Gasteiger partial charge in [-0.25, -0.2) is 0 Å². The summed E-state index contributed by atoms with van der Waals surface area (Å²) in [6, 6.07) is 20.9. The standard InChI is InChI=1S/C24H22N3O2/c1-3-16-9-12-19-22(13-16)27(21-6-4-5-20(23(19)21)24(25)29)14-17-7-10-18(11-8-17)26-15(2)28/h4-11,13H,3,14H2,1-2H3,(H2,25,29)(H,26,28). The molecule has 5 heteroatoms. The van der Waals surface area contributed by atoms with Crippen molar-refractivity contribution in [3.8, 4) is 0 Å². The predicted molar refractivity (Wildman–Crippen MR) is 116 cm³/mol. The van der Waals surface area contributed by atoms with E-state index in [1.807, 2.05) is 42.5 Å². The number of fused-ring (bicyclic) bond motifs is 3. The van der Waals surface area contributed by atoms with Crippen LogP contribution in [-0.2, 0) is 17.8 Å². The summed E-state index contributed by atoms with van der Waals surface area (Å²) in [4.78, 5) is 23.3. The average Bonchev–Trinajstić information content (AvgIpc) is 3.02. The zero-order valence-corrected chi connectivity index (χ0v) is 16.5. The third kappa shape index (κ3) is 3.47. The SMILES string of the molecule is CCc1c[c]c2c3c(C(N)=O)cccc3n(Cc3ccc(NC(C)=O)cc3)c2c1. The molecule has 3 N–H and O–H groups in total. The summed E-state index contributed by atoms with van der Waals surface area (Å²) in [6.07, 6.45) is 0.905. The van der Waals surface area contributed by atoms with E-state index in [2.05, 4.69) is 28.9 Å². The first kappa shape index (κ1) is 18.7. The van der Waals surface area contributed by atoms with E-state index in [4.69, 9.17) is 5.73 Å². The van der Waals surface area contributed by atoms with Gasteiger partial charge in [0.25, 0.3) is 0 Å². The Morgan fingerprint density at radius 3 is 2.48 bits per heavy atom. The second-order valence-electron chi connectivity index (χ2n) is 7.15. The van der Waals surface area contributed by atoms with Gasteiger partial charge in [0.05, 0.1) is 11.0 Å². The number of carbonyl (C=O) groups is 2. The van der Waals surface area contributed by atoms with Crippen molar-refractivity contribution in [2.45, 2.75) is 26.8 Å². The van der Waals surface area contributed by atoms with E-state index in [-0.39, 0.29) is 5.91 Å². The van der Waals surface area contributed by atoms with E-state index in [0.717, 1.165) is 39.5 Å². The lowest BCUT2D eigenvalue weighted by Gasteiger charge is -2.10. The topological polar surface area (TPSA) is 77.1 Å². The minimum Gasteiger partial charge on any atom is -0.366 e. The Morgan fingerprint density at radius 2 is 1.83 bits per heavy atom. The summed E-state index contributed by atoms with van der Waals surface area (Å²) in [5.41, 5.74) is 11.2. The van der Waals surface area contributed by atoms with Crippen LogP contribution in [0.15, 0.2) is 54.6 Å². The van der Waals surface area contributed by atoms with Gasteiger partial charge in [-0.15, -0.1) is 0 Å². The third-order valence-corrected chi connectivity index (χ3v) is 5.14. The fourth-order valence-electron chi connectivity index (χ4n) is 3.76. The number of benzene rings is 3. The largest absolute Gasteiger partial charge is 0.366 e. The van der Waals surface area contributed by atoms with Crippen LogP contribution in [0.5, 0.6) is 0 Å². The normalized spacial score (nSPS) is 11.1. The molecule has 4 aromatic rings. The summed E-state index contributed by atoms with van der Waals surface area (Å²) in [5.74, 6) is -0.538. The van der Waals surface area contributed by atoms with Crippen molar-refractivity contribution in [3.63, 3.8) is 0 Å². The molecular formula is C24H22N3O2.